The molecular formula is C23H25N5O3. The first kappa shape index (κ1) is 20.6. The number of hydrogen-bond acceptors (Lipinski definition) is 5. The standard InChI is InChI=1S/C23H25N5O3/c1-27(2)12-10-24-22(30)14-28-11-9-20(26-28)25-21(29)13-17-15-31-19-8-7-16-5-3-4-6-18(16)23(17)19/h3-9,11,15H,10,12-14H2,1-2H3,(H,24,30)(H,25,26,29). The normalized spacial score (nSPS) is 11.3. The Labute approximate surface area is 179 Å². The molecule has 0 spiro atoms. The molecule has 4 aromatic rings. The molecule has 8 heteroatoms. The van der Waals surface area contributed by atoms with E-state index in [2.05, 4.69) is 15.7 Å². The predicted octanol–water partition coefficient (Wildman–Crippen LogP) is 2.64. The Morgan fingerprint density at radius 1 is 1.10 bits per heavy atom. The third kappa shape index (κ3) is 4.92. The summed E-state index contributed by atoms with van der Waals surface area (Å²) in [6.45, 7) is 1.44. The van der Waals surface area contributed by atoms with Gasteiger partial charge in [0.1, 0.15) is 12.1 Å². The van der Waals surface area contributed by atoms with Crippen molar-refractivity contribution >= 4 is 39.4 Å². The molecule has 0 saturated carbocycles. The van der Waals surface area contributed by atoms with Crippen molar-refractivity contribution in [2.45, 2.75) is 13.0 Å². The van der Waals surface area contributed by atoms with E-state index in [9.17, 15) is 9.59 Å². The minimum absolute atomic E-state index is 0.0989. The number of nitrogens with zero attached hydrogens (tertiary/aromatic N) is 3. The highest BCUT2D eigenvalue weighted by Gasteiger charge is 2.14. The number of carbonyl (C=O) groups excluding carboxylic acids is 2. The second kappa shape index (κ2) is 9.01. The molecule has 0 saturated heterocycles. The second-order valence-corrected chi connectivity index (χ2v) is 7.70. The van der Waals surface area contributed by atoms with Gasteiger partial charge in [0.15, 0.2) is 5.82 Å². The molecule has 0 bridgehead atoms. The largest absolute Gasteiger partial charge is 0.464 e. The number of hydrogen-bond donors (Lipinski definition) is 2. The topological polar surface area (TPSA) is 92.4 Å². The highest BCUT2D eigenvalue weighted by Crippen LogP contribution is 2.30. The van der Waals surface area contributed by atoms with Crippen LogP contribution in [0.2, 0.25) is 0 Å². The van der Waals surface area contributed by atoms with Crippen LogP contribution in [0.15, 0.2) is 59.3 Å². The van der Waals surface area contributed by atoms with Crippen molar-refractivity contribution in [3.8, 4) is 0 Å². The molecule has 31 heavy (non-hydrogen) atoms. The van der Waals surface area contributed by atoms with Crippen LogP contribution in [-0.2, 0) is 22.6 Å². The predicted molar refractivity (Wildman–Crippen MR) is 120 cm³/mol. The third-order valence-corrected chi connectivity index (χ3v) is 4.99. The first-order chi connectivity index (χ1) is 15.0. The van der Waals surface area contributed by atoms with Crippen LogP contribution in [0, 0.1) is 0 Å². The average molecular weight is 419 g/mol. The van der Waals surface area contributed by atoms with Gasteiger partial charge in [0.2, 0.25) is 11.8 Å². The van der Waals surface area contributed by atoms with Crippen LogP contribution < -0.4 is 10.6 Å². The highest BCUT2D eigenvalue weighted by atomic mass is 16.3. The molecule has 2 aromatic heterocycles. The van der Waals surface area contributed by atoms with Crippen molar-refractivity contribution in [2.75, 3.05) is 32.5 Å². The van der Waals surface area contributed by atoms with Gasteiger partial charge in [-0.05, 0) is 30.9 Å². The van der Waals surface area contributed by atoms with Crippen molar-refractivity contribution in [1.29, 1.82) is 0 Å². The molecule has 2 amide bonds. The number of nitrogens with one attached hydrogen (secondary N) is 2. The van der Waals surface area contributed by atoms with E-state index >= 15 is 0 Å². The fourth-order valence-corrected chi connectivity index (χ4v) is 3.50. The monoisotopic (exact) mass is 419 g/mol. The maximum atomic E-state index is 12.6. The number of fused-ring (bicyclic) bond motifs is 3. The van der Waals surface area contributed by atoms with E-state index in [1.165, 1.54) is 4.68 Å². The number of aromatic nitrogens is 2. The summed E-state index contributed by atoms with van der Waals surface area (Å²) in [6.07, 6.45) is 3.47. The van der Waals surface area contributed by atoms with Gasteiger partial charge in [-0.3, -0.25) is 14.3 Å². The lowest BCUT2D eigenvalue weighted by Gasteiger charge is -2.10. The number of amides is 2. The molecule has 0 aliphatic heterocycles. The molecule has 0 atom stereocenters. The van der Waals surface area contributed by atoms with E-state index < -0.39 is 0 Å². The van der Waals surface area contributed by atoms with Gasteiger partial charge < -0.3 is 20.0 Å². The van der Waals surface area contributed by atoms with Gasteiger partial charge in [0.25, 0.3) is 0 Å². The van der Waals surface area contributed by atoms with Crippen molar-refractivity contribution in [2.24, 2.45) is 0 Å². The zero-order chi connectivity index (χ0) is 21.8. The van der Waals surface area contributed by atoms with Crippen molar-refractivity contribution in [3.05, 3.63) is 60.5 Å². The summed E-state index contributed by atoms with van der Waals surface area (Å²) in [5, 5.41) is 13.0. The van der Waals surface area contributed by atoms with Gasteiger partial charge in [0, 0.05) is 36.3 Å². The third-order valence-electron chi connectivity index (χ3n) is 4.99. The van der Waals surface area contributed by atoms with E-state index in [4.69, 9.17) is 4.42 Å². The van der Waals surface area contributed by atoms with E-state index in [0.717, 1.165) is 33.8 Å². The van der Waals surface area contributed by atoms with Gasteiger partial charge in [-0.25, -0.2) is 0 Å². The Morgan fingerprint density at radius 2 is 1.94 bits per heavy atom. The maximum absolute atomic E-state index is 12.6. The lowest BCUT2D eigenvalue weighted by Crippen LogP contribution is -2.33. The number of anilines is 1. The molecule has 2 heterocycles. The first-order valence-electron chi connectivity index (χ1n) is 10.1. The van der Waals surface area contributed by atoms with Crippen LogP contribution in [-0.4, -0.2) is 53.7 Å². The SMILES string of the molecule is CN(C)CCNC(=O)Cn1ccc(NC(=O)Cc2coc3ccc4ccccc4c23)n1. The Morgan fingerprint density at radius 3 is 2.77 bits per heavy atom. The summed E-state index contributed by atoms with van der Waals surface area (Å²) in [5.74, 6) is 0.0830. The molecule has 2 aromatic carbocycles. The summed E-state index contributed by atoms with van der Waals surface area (Å²) in [7, 11) is 3.90. The number of benzene rings is 2. The van der Waals surface area contributed by atoms with Crippen LogP contribution in [0.4, 0.5) is 5.82 Å². The molecule has 160 valence electrons. The Bertz CT molecular complexity index is 1220. The maximum Gasteiger partial charge on any atom is 0.241 e. The molecule has 0 aliphatic rings. The van der Waals surface area contributed by atoms with Crippen LogP contribution in [0.25, 0.3) is 21.7 Å². The van der Waals surface area contributed by atoms with Crippen LogP contribution in [0.1, 0.15) is 5.56 Å². The first-order valence-corrected chi connectivity index (χ1v) is 10.1. The van der Waals surface area contributed by atoms with Crippen molar-refractivity contribution < 1.29 is 14.0 Å². The van der Waals surface area contributed by atoms with Crippen LogP contribution in [0.5, 0.6) is 0 Å². The van der Waals surface area contributed by atoms with Crippen molar-refractivity contribution in [3.63, 3.8) is 0 Å². The van der Waals surface area contributed by atoms with Gasteiger partial charge in [-0.15, -0.1) is 0 Å². The summed E-state index contributed by atoms with van der Waals surface area (Å²) >= 11 is 0. The molecular weight excluding hydrogens is 394 g/mol. The minimum atomic E-state index is -0.198. The number of rotatable bonds is 8. The fourth-order valence-electron chi connectivity index (χ4n) is 3.50. The van der Waals surface area contributed by atoms with Crippen LogP contribution in [0.3, 0.4) is 0 Å². The summed E-state index contributed by atoms with van der Waals surface area (Å²) in [6, 6.07) is 13.6. The lowest BCUT2D eigenvalue weighted by molar-refractivity contribution is -0.121. The Balaban J connectivity index is 1.39. The summed E-state index contributed by atoms with van der Waals surface area (Å²) in [5.41, 5.74) is 1.58. The lowest BCUT2D eigenvalue weighted by atomic mass is 10.0. The van der Waals surface area contributed by atoms with Gasteiger partial charge in [0.05, 0.1) is 12.7 Å². The fraction of sp³-hybridized carbons (Fsp3) is 0.261. The second-order valence-electron chi connectivity index (χ2n) is 7.70. The Kier molecular flexibility index (Phi) is 5.99. The van der Waals surface area contributed by atoms with Crippen LogP contribution >= 0.6 is 0 Å². The Hall–Kier alpha value is -3.65. The number of furan rings is 1. The van der Waals surface area contributed by atoms with E-state index in [1.54, 1.807) is 18.5 Å². The average Bonchev–Trinajstić information content (AvgIpc) is 3.34. The quantitative estimate of drug-likeness (QED) is 0.458. The van der Waals surface area contributed by atoms with Gasteiger partial charge in [-0.1, -0.05) is 30.3 Å². The van der Waals surface area contributed by atoms with E-state index in [0.29, 0.717) is 12.4 Å². The zero-order valence-electron chi connectivity index (χ0n) is 17.6. The molecule has 0 fully saturated rings. The molecule has 0 unspecified atom stereocenters. The summed E-state index contributed by atoms with van der Waals surface area (Å²) in [4.78, 5) is 26.6. The molecule has 2 N–H and O–H groups in total. The number of likely N-dealkylation sites (N-methyl/N-ethyl adjacent to an activating group) is 1. The molecule has 0 radical (unpaired) electrons. The zero-order valence-corrected chi connectivity index (χ0v) is 17.6. The smallest absolute Gasteiger partial charge is 0.241 e. The molecule has 0 aliphatic carbocycles. The van der Waals surface area contributed by atoms with Crippen molar-refractivity contribution in [1.82, 2.24) is 20.0 Å². The highest BCUT2D eigenvalue weighted by molar-refractivity contribution is 6.08. The number of carbonyl (C=O) groups is 2. The van der Waals surface area contributed by atoms with Gasteiger partial charge in [-0.2, -0.15) is 5.10 Å². The van der Waals surface area contributed by atoms with E-state index in [1.807, 2.05) is 55.4 Å². The van der Waals surface area contributed by atoms with Gasteiger partial charge >= 0.3 is 0 Å². The molecule has 4 rings (SSSR count). The summed E-state index contributed by atoms with van der Waals surface area (Å²) < 4.78 is 7.16. The molecule has 8 nitrogen and oxygen atoms in total. The minimum Gasteiger partial charge on any atom is -0.464 e. The van der Waals surface area contributed by atoms with E-state index in [-0.39, 0.29) is 24.8 Å².